The Kier molecular flexibility index (Phi) is 7.61. The number of amides is 1. The minimum atomic E-state index is -0.229. The van der Waals surface area contributed by atoms with E-state index in [9.17, 15) is 4.79 Å². The number of para-hydroxylation sites is 1. The normalized spacial score (nSPS) is 10.3. The Morgan fingerprint density at radius 2 is 1.45 bits per heavy atom. The van der Waals surface area contributed by atoms with Crippen molar-refractivity contribution in [2.24, 2.45) is 0 Å². The lowest BCUT2D eigenvalue weighted by Crippen LogP contribution is -2.21. The van der Waals surface area contributed by atoms with Crippen molar-refractivity contribution in [2.45, 2.75) is 0 Å². The fourth-order valence-electron chi connectivity index (χ4n) is 2.48. The third-order valence-corrected chi connectivity index (χ3v) is 4.72. The molecule has 0 aliphatic heterocycles. The van der Waals surface area contributed by atoms with Crippen LogP contribution in [0.25, 0.3) is 0 Å². The van der Waals surface area contributed by atoms with E-state index in [-0.39, 0.29) is 12.5 Å². The van der Waals surface area contributed by atoms with Gasteiger partial charge in [0.15, 0.2) is 0 Å². The van der Waals surface area contributed by atoms with Crippen molar-refractivity contribution in [3.63, 3.8) is 0 Å². The quantitative estimate of drug-likeness (QED) is 0.439. The lowest BCUT2D eigenvalue weighted by atomic mass is 10.3. The van der Waals surface area contributed by atoms with Crippen molar-refractivity contribution in [2.75, 3.05) is 30.4 Å². The SMILES string of the molecule is O=C(CNc1ccc(OCCOc2ccccc2)cc1)Nc1cccc(Cl)c1Cl. The molecule has 5 nitrogen and oxygen atoms in total. The van der Waals surface area contributed by atoms with E-state index in [4.69, 9.17) is 32.7 Å². The first-order chi connectivity index (χ1) is 14.1. The molecule has 0 spiro atoms. The molecule has 0 aliphatic carbocycles. The molecule has 0 atom stereocenters. The van der Waals surface area contributed by atoms with E-state index in [0.717, 1.165) is 17.2 Å². The molecule has 0 radical (unpaired) electrons. The smallest absolute Gasteiger partial charge is 0.243 e. The Hall–Kier alpha value is -2.89. The minimum absolute atomic E-state index is 0.0912. The molecule has 29 heavy (non-hydrogen) atoms. The summed E-state index contributed by atoms with van der Waals surface area (Å²) in [6.07, 6.45) is 0. The number of benzene rings is 3. The predicted molar refractivity (Wildman–Crippen MR) is 117 cm³/mol. The van der Waals surface area contributed by atoms with E-state index < -0.39 is 0 Å². The molecule has 7 heteroatoms. The van der Waals surface area contributed by atoms with Gasteiger partial charge in [-0.25, -0.2) is 0 Å². The van der Waals surface area contributed by atoms with Crippen molar-refractivity contribution in [1.29, 1.82) is 0 Å². The average Bonchev–Trinajstić information content (AvgIpc) is 2.75. The molecular formula is C22H20Cl2N2O3. The lowest BCUT2D eigenvalue weighted by molar-refractivity contribution is -0.114. The Labute approximate surface area is 179 Å². The number of carbonyl (C=O) groups is 1. The van der Waals surface area contributed by atoms with Crippen LogP contribution in [0.5, 0.6) is 11.5 Å². The fraction of sp³-hybridized carbons (Fsp3) is 0.136. The monoisotopic (exact) mass is 430 g/mol. The zero-order valence-corrected chi connectivity index (χ0v) is 17.0. The number of halogens is 2. The number of hydrogen-bond acceptors (Lipinski definition) is 4. The van der Waals surface area contributed by atoms with Crippen LogP contribution in [0, 0.1) is 0 Å². The average molecular weight is 431 g/mol. The van der Waals surface area contributed by atoms with Crippen molar-refractivity contribution in [3.8, 4) is 11.5 Å². The molecule has 0 unspecified atom stereocenters. The second-order valence-electron chi connectivity index (χ2n) is 6.04. The Morgan fingerprint density at radius 1 is 0.793 bits per heavy atom. The second kappa shape index (κ2) is 10.6. The topological polar surface area (TPSA) is 59.6 Å². The summed E-state index contributed by atoms with van der Waals surface area (Å²) >= 11 is 12.0. The first-order valence-corrected chi connectivity index (χ1v) is 9.76. The highest BCUT2D eigenvalue weighted by Gasteiger charge is 2.08. The van der Waals surface area contributed by atoms with Crippen LogP contribution in [0.3, 0.4) is 0 Å². The van der Waals surface area contributed by atoms with Crippen LogP contribution in [0.1, 0.15) is 0 Å². The summed E-state index contributed by atoms with van der Waals surface area (Å²) in [6, 6.07) is 22.0. The number of rotatable bonds is 9. The maximum absolute atomic E-state index is 12.1. The van der Waals surface area contributed by atoms with Crippen LogP contribution in [0.15, 0.2) is 72.8 Å². The van der Waals surface area contributed by atoms with Crippen LogP contribution in [0.4, 0.5) is 11.4 Å². The van der Waals surface area contributed by atoms with Gasteiger partial charge in [-0.2, -0.15) is 0 Å². The number of nitrogens with one attached hydrogen (secondary N) is 2. The van der Waals surface area contributed by atoms with Gasteiger partial charge in [0.2, 0.25) is 5.91 Å². The van der Waals surface area contributed by atoms with Crippen LogP contribution < -0.4 is 20.1 Å². The fourth-order valence-corrected chi connectivity index (χ4v) is 2.83. The molecule has 2 N–H and O–H groups in total. The van der Waals surface area contributed by atoms with Crippen molar-refractivity contribution >= 4 is 40.5 Å². The largest absolute Gasteiger partial charge is 0.490 e. The summed E-state index contributed by atoms with van der Waals surface area (Å²) in [5, 5.41) is 6.48. The molecule has 3 aromatic carbocycles. The standard InChI is InChI=1S/C22H20Cl2N2O3/c23-19-7-4-8-20(22(19)24)26-21(27)15-25-16-9-11-18(12-10-16)29-14-13-28-17-5-2-1-3-6-17/h1-12,25H,13-15H2,(H,26,27). The van der Waals surface area contributed by atoms with E-state index in [2.05, 4.69) is 10.6 Å². The highest BCUT2D eigenvalue weighted by molar-refractivity contribution is 6.44. The van der Waals surface area contributed by atoms with Gasteiger partial charge < -0.3 is 20.1 Å². The Balaban J connectivity index is 1.39. The Bertz CT molecular complexity index is 935. The predicted octanol–water partition coefficient (Wildman–Crippen LogP) is 5.50. The van der Waals surface area contributed by atoms with E-state index in [1.165, 1.54) is 0 Å². The Morgan fingerprint density at radius 3 is 2.14 bits per heavy atom. The summed E-state index contributed by atoms with van der Waals surface area (Å²) in [6.45, 7) is 0.981. The summed E-state index contributed by atoms with van der Waals surface area (Å²) in [5.41, 5.74) is 1.28. The number of hydrogen-bond donors (Lipinski definition) is 2. The molecule has 0 aliphatic rings. The molecule has 0 saturated heterocycles. The molecule has 3 rings (SSSR count). The van der Waals surface area contributed by atoms with Crippen LogP contribution >= 0.6 is 23.2 Å². The summed E-state index contributed by atoms with van der Waals surface area (Å²) < 4.78 is 11.2. The van der Waals surface area contributed by atoms with Gasteiger partial charge in [0.25, 0.3) is 0 Å². The van der Waals surface area contributed by atoms with Crippen molar-refractivity contribution < 1.29 is 14.3 Å². The molecule has 0 fully saturated rings. The zero-order chi connectivity index (χ0) is 20.5. The molecule has 0 bridgehead atoms. The van der Waals surface area contributed by atoms with Crippen molar-refractivity contribution in [3.05, 3.63) is 82.8 Å². The highest BCUT2D eigenvalue weighted by atomic mass is 35.5. The lowest BCUT2D eigenvalue weighted by Gasteiger charge is -2.11. The molecule has 150 valence electrons. The number of anilines is 2. The molecule has 0 saturated carbocycles. The number of carbonyl (C=O) groups excluding carboxylic acids is 1. The van der Waals surface area contributed by atoms with Gasteiger partial charge >= 0.3 is 0 Å². The van der Waals surface area contributed by atoms with E-state index in [0.29, 0.717) is 28.9 Å². The van der Waals surface area contributed by atoms with Crippen LogP contribution in [0.2, 0.25) is 10.0 Å². The van der Waals surface area contributed by atoms with Crippen molar-refractivity contribution in [1.82, 2.24) is 0 Å². The van der Waals surface area contributed by atoms with Gasteiger partial charge in [0, 0.05) is 5.69 Å². The van der Waals surface area contributed by atoms with Gasteiger partial charge in [0.05, 0.1) is 22.3 Å². The van der Waals surface area contributed by atoms with Gasteiger partial charge in [-0.05, 0) is 48.5 Å². The highest BCUT2D eigenvalue weighted by Crippen LogP contribution is 2.29. The summed E-state index contributed by atoms with van der Waals surface area (Å²) in [4.78, 5) is 12.1. The van der Waals surface area contributed by atoms with Gasteiger partial charge in [-0.3, -0.25) is 4.79 Å². The minimum Gasteiger partial charge on any atom is -0.490 e. The van der Waals surface area contributed by atoms with Crippen LogP contribution in [-0.2, 0) is 4.79 Å². The van der Waals surface area contributed by atoms with E-state index in [1.54, 1.807) is 18.2 Å². The summed E-state index contributed by atoms with van der Waals surface area (Å²) in [5.74, 6) is 1.31. The number of ether oxygens (including phenoxy) is 2. The third kappa shape index (κ3) is 6.59. The van der Waals surface area contributed by atoms with Gasteiger partial charge in [-0.15, -0.1) is 0 Å². The zero-order valence-electron chi connectivity index (χ0n) is 15.5. The maximum Gasteiger partial charge on any atom is 0.243 e. The third-order valence-electron chi connectivity index (χ3n) is 3.90. The van der Waals surface area contributed by atoms with Crippen LogP contribution in [-0.4, -0.2) is 25.7 Å². The molecule has 1 amide bonds. The van der Waals surface area contributed by atoms with Gasteiger partial charge in [0.1, 0.15) is 24.7 Å². The maximum atomic E-state index is 12.1. The summed E-state index contributed by atoms with van der Waals surface area (Å²) in [7, 11) is 0. The van der Waals surface area contributed by atoms with Gasteiger partial charge in [-0.1, -0.05) is 47.5 Å². The first kappa shape index (κ1) is 20.8. The first-order valence-electron chi connectivity index (χ1n) is 9.00. The van der Waals surface area contributed by atoms with E-state index in [1.807, 2.05) is 54.6 Å². The molecule has 3 aromatic rings. The second-order valence-corrected chi connectivity index (χ2v) is 6.82. The van der Waals surface area contributed by atoms with E-state index >= 15 is 0 Å². The molecular weight excluding hydrogens is 411 g/mol. The molecule has 0 aromatic heterocycles. The molecule has 0 heterocycles.